The Bertz CT molecular complexity index is 773. The molecule has 0 aromatic carbocycles. The van der Waals surface area contributed by atoms with Crippen molar-refractivity contribution >= 4 is 17.1 Å². The Hall–Kier alpha value is -2.25. The van der Waals surface area contributed by atoms with Gasteiger partial charge in [-0.1, -0.05) is 11.2 Å². The van der Waals surface area contributed by atoms with Crippen LogP contribution in [-0.2, 0) is 20.1 Å². The first-order valence-corrected chi connectivity index (χ1v) is 7.75. The van der Waals surface area contributed by atoms with Crippen LogP contribution in [0.3, 0.4) is 0 Å². The van der Waals surface area contributed by atoms with Crippen molar-refractivity contribution in [3.63, 3.8) is 0 Å². The van der Waals surface area contributed by atoms with Gasteiger partial charge in [-0.05, 0) is 24.4 Å². The number of Topliss-reactive ketones (excluding diaryl/α,β-unsaturated/α-hetero) is 1. The lowest BCUT2D eigenvalue weighted by atomic mass is 10.2. The van der Waals surface area contributed by atoms with Gasteiger partial charge >= 0.3 is 0 Å². The first-order valence-electron chi connectivity index (χ1n) is 6.87. The van der Waals surface area contributed by atoms with E-state index in [1.54, 1.807) is 18.3 Å². The van der Waals surface area contributed by atoms with E-state index in [0.29, 0.717) is 24.8 Å². The Balaban J connectivity index is 1.58. The number of rotatable bonds is 6. The van der Waals surface area contributed by atoms with Gasteiger partial charge in [0.2, 0.25) is 0 Å². The van der Waals surface area contributed by atoms with Crippen LogP contribution in [0.15, 0.2) is 34.3 Å². The monoisotopic (exact) mass is 316 g/mol. The van der Waals surface area contributed by atoms with E-state index < -0.39 is 0 Å². The van der Waals surface area contributed by atoms with E-state index in [-0.39, 0.29) is 5.78 Å². The summed E-state index contributed by atoms with van der Waals surface area (Å²) < 4.78 is 7.17. The Kier molecular flexibility index (Phi) is 4.17. The van der Waals surface area contributed by atoms with Crippen molar-refractivity contribution in [1.29, 1.82) is 0 Å². The van der Waals surface area contributed by atoms with Crippen molar-refractivity contribution < 1.29 is 9.32 Å². The van der Waals surface area contributed by atoms with Crippen molar-refractivity contribution in [3.05, 3.63) is 46.9 Å². The molecule has 0 spiro atoms. The van der Waals surface area contributed by atoms with Crippen LogP contribution in [0.4, 0.5) is 0 Å². The fraction of sp³-hybridized carbons (Fsp3) is 0.267. The molecule has 1 N–H and O–H groups in total. The number of aromatic nitrogens is 3. The molecule has 3 aromatic heterocycles. The summed E-state index contributed by atoms with van der Waals surface area (Å²) in [6.07, 6.45) is 1.84. The first-order chi connectivity index (χ1) is 10.6. The lowest BCUT2D eigenvalue weighted by Gasteiger charge is -2.03. The molecule has 7 heteroatoms. The molecular weight excluding hydrogens is 300 g/mol. The highest BCUT2D eigenvalue weighted by atomic mass is 32.1. The Morgan fingerprint density at radius 2 is 2.32 bits per heavy atom. The van der Waals surface area contributed by atoms with Gasteiger partial charge in [0.05, 0.1) is 11.4 Å². The zero-order valence-corrected chi connectivity index (χ0v) is 13.2. The molecule has 0 aliphatic rings. The second kappa shape index (κ2) is 6.25. The molecule has 0 saturated heterocycles. The fourth-order valence-corrected chi connectivity index (χ4v) is 2.75. The second-order valence-electron chi connectivity index (χ2n) is 4.98. The number of hydrogen-bond acceptors (Lipinski definition) is 6. The Labute approximate surface area is 131 Å². The fourth-order valence-electron chi connectivity index (χ4n) is 2.11. The molecule has 6 nitrogen and oxygen atoms in total. The maximum absolute atomic E-state index is 11.4. The zero-order chi connectivity index (χ0) is 15.5. The molecule has 3 rings (SSSR count). The van der Waals surface area contributed by atoms with E-state index >= 15 is 0 Å². The van der Waals surface area contributed by atoms with Crippen molar-refractivity contribution in [2.24, 2.45) is 7.05 Å². The predicted octanol–water partition coefficient (Wildman–Crippen LogP) is 2.63. The van der Waals surface area contributed by atoms with Crippen LogP contribution < -0.4 is 5.32 Å². The maximum atomic E-state index is 11.4. The Morgan fingerprint density at radius 3 is 3.00 bits per heavy atom. The van der Waals surface area contributed by atoms with Crippen LogP contribution in [0.25, 0.3) is 10.8 Å². The number of aryl methyl sites for hydroxylation is 1. The molecule has 0 bridgehead atoms. The van der Waals surface area contributed by atoms with Crippen LogP contribution in [0.1, 0.15) is 28.8 Å². The van der Waals surface area contributed by atoms with Crippen LogP contribution in [-0.4, -0.2) is 20.5 Å². The molecule has 114 valence electrons. The minimum absolute atomic E-state index is 0.0700. The van der Waals surface area contributed by atoms with Crippen LogP contribution >= 0.6 is 11.3 Å². The van der Waals surface area contributed by atoms with E-state index in [1.165, 1.54) is 0 Å². The summed E-state index contributed by atoms with van der Waals surface area (Å²) in [5.74, 6) is 1.23. The predicted molar refractivity (Wildman–Crippen MR) is 83.6 cm³/mol. The third kappa shape index (κ3) is 3.15. The number of nitrogens with zero attached hydrogens (tertiary/aromatic N) is 3. The summed E-state index contributed by atoms with van der Waals surface area (Å²) >= 11 is 1.57. The lowest BCUT2D eigenvalue weighted by molar-refractivity contribution is 0.101. The van der Waals surface area contributed by atoms with E-state index in [4.69, 9.17) is 4.52 Å². The first kappa shape index (κ1) is 14.7. The van der Waals surface area contributed by atoms with Crippen LogP contribution in [0.2, 0.25) is 0 Å². The SMILES string of the molecule is CC(=O)c1cc(CNCc2noc(-c3cccs3)n2)n(C)c1. The summed E-state index contributed by atoms with van der Waals surface area (Å²) in [6, 6.07) is 5.79. The zero-order valence-electron chi connectivity index (χ0n) is 12.4. The Morgan fingerprint density at radius 1 is 1.45 bits per heavy atom. The van der Waals surface area contributed by atoms with Gasteiger partial charge in [-0.15, -0.1) is 11.3 Å². The third-order valence-electron chi connectivity index (χ3n) is 3.30. The van der Waals surface area contributed by atoms with Gasteiger partial charge in [0, 0.05) is 31.0 Å². The van der Waals surface area contributed by atoms with Gasteiger partial charge in [-0.25, -0.2) is 0 Å². The highest BCUT2D eigenvalue weighted by molar-refractivity contribution is 7.13. The molecule has 0 saturated carbocycles. The van der Waals surface area contributed by atoms with E-state index in [0.717, 1.165) is 16.1 Å². The molecular formula is C15H16N4O2S. The van der Waals surface area contributed by atoms with Gasteiger partial charge in [-0.2, -0.15) is 4.98 Å². The molecule has 0 amide bonds. The summed E-state index contributed by atoms with van der Waals surface area (Å²) in [4.78, 5) is 16.7. The van der Waals surface area contributed by atoms with E-state index in [2.05, 4.69) is 15.5 Å². The van der Waals surface area contributed by atoms with E-state index in [9.17, 15) is 4.79 Å². The molecule has 3 heterocycles. The van der Waals surface area contributed by atoms with Crippen molar-refractivity contribution in [3.8, 4) is 10.8 Å². The van der Waals surface area contributed by atoms with Crippen molar-refractivity contribution in [1.82, 2.24) is 20.0 Å². The largest absolute Gasteiger partial charge is 0.353 e. The quantitative estimate of drug-likeness (QED) is 0.708. The van der Waals surface area contributed by atoms with Gasteiger partial charge in [0.15, 0.2) is 11.6 Å². The highest BCUT2D eigenvalue weighted by Crippen LogP contribution is 2.22. The smallest absolute Gasteiger partial charge is 0.268 e. The van der Waals surface area contributed by atoms with E-state index in [1.807, 2.05) is 41.4 Å². The molecule has 0 aliphatic carbocycles. The minimum Gasteiger partial charge on any atom is -0.353 e. The number of thiophene rings is 1. The van der Waals surface area contributed by atoms with Crippen molar-refractivity contribution in [2.75, 3.05) is 0 Å². The molecule has 0 radical (unpaired) electrons. The average Bonchev–Trinajstić information content (AvgIpc) is 3.19. The molecule has 0 fully saturated rings. The number of carbonyl (C=O) groups excluding carboxylic acids is 1. The summed E-state index contributed by atoms with van der Waals surface area (Å²) in [6.45, 7) is 2.71. The highest BCUT2D eigenvalue weighted by Gasteiger charge is 2.10. The maximum Gasteiger partial charge on any atom is 0.268 e. The number of ketones is 1. The normalized spacial score (nSPS) is 11.0. The van der Waals surface area contributed by atoms with Crippen molar-refractivity contribution in [2.45, 2.75) is 20.0 Å². The summed E-state index contributed by atoms with van der Waals surface area (Å²) in [7, 11) is 1.92. The van der Waals surface area contributed by atoms with Gasteiger partial charge < -0.3 is 14.4 Å². The topological polar surface area (TPSA) is 73.0 Å². The van der Waals surface area contributed by atoms with Gasteiger partial charge in [0.25, 0.3) is 5.89 Å². The van der Waals surface area contributed by atoms with Gasteiger partial charge in [-0.3, -0.25) is 4.79 Å². The molecule has 0 aliphatic heterocycles. The van der Waals surface area contributed by atoms with Crippen LogP contribution in [0.5, 0.6) is 0 Å². The second-order valence-corrected chi connectivity index (χ2v) is 5.93. The minimum atomic E-state index is 0.0700. The van der Waals surface area contributed by atoms with Crippen LogP contribution in [0, 0.1) is 0 Å². The molecule has 3 aromatic rings. The lowest BCUT2D eigenvalue weighted by Crippen LogP contribution is -2.15. The standard InChI is InChI=1S/C15H16N4O2S/c1-10(20)11-6-12(19(2)9-11)7-16-8-14-17-15(21-18-14)13-4-3-5-22-13/h3-6,9,16H,7-8H2,1-2H3. The molecule has 22 heavy (non-hydrogen) atoms. The average molecular weight is 316 g/mol. The number of nitrogens with one attached hydrogen (secondary N) is 1. The summed E-state index contributed by atoms with van der Waals surface area (Å²) in [5.41, 5.74) is 1.76. The number of hydrogen-bond donors (Lipinski definition) is 1. The van der Waals surface area contributed by atoms with Gasteiger partial charge in [0.1, 0.15) is 0 Å². The third-order valence-corrected chi connectivity index (χ3v) is 4.16. The molecule has 0 atom stereocenters. The molecule has 0 unspecified atom stereocenters. The number of carbonyl (C=O) groups is 1. The summed E-state index contributed by atoms with van der Waals surface area (Å²) in [5, 5.41) is 9.18.